The highest BCUT2D eigenvalue weighted by molar-refractivity contribution is 7.90. The maximum atomic E-state index is 13.5. The second kappa shape index (κ2) is 8.13. The second-order valence-electron chi connectivity index (χ2n) is 7.41. The van der Waals surface area contributed by atoms with E-state index in [1.165, 1.54) is 40.7 Å². The van der Waals surface area contributed by atoms with Crippen LogP contribution in [0, 0.1) is 5.82 Å². The molecular formula is C20H20FN3O5S2. The molecule has 3 aromatic rings. The van der Waals surface area contributed by atoms with E-state index in [9.17, 15) is 21.2 Å². The predicted octanol–water partition coefficient (Wildman–Crippen LogP) is 2.85. The summed E-state index contributed by atoms with van der Waals surface area (Å²) in [6.45, 7) is 0.485. The number of sulfonamides is 1. The van der Waals surface area contributed by atoms with Crippen LogP contribution in [0.3, 0.4) is 0 Å². The van der Waals surface area contributed by atoms with Gasteiger partial charge >= 0.3 is 0 Å². The normalized spacial score (nSPS) is 18.2. The Bertz CT molecular complexity index is 1300. The zero-order chi connectivity index (χ0) is 22.2. The minimum Gasteiger partial charge on any atom is -0.339 e. The van der Waals surface area contributed by atoms with Crippen LogP contribution in [-0.2, 0) is 19.9 Å². The van der Waals surface area contributed by atoms with Gasteiger partial charge in [0.2, 0.25) is 21.7 Å². The molecule has 1 unspecified atom stereocenters. The first-order valence-corrected chi connectivity index (χ1v) is 12.9. The van der Waals surface area contributed by atoms with Crippen molar-refractivity contribution in [2.45, 2.75) is 28.6 Å². The standard InChI is InChI=1S/C20H20FN3O5S2/c1-30(25,26)17-7-9-18(10-8-17)31(27,28)24-11-3-5-15(13-24)20-22-19(23-29-20)14-4-2-6-16(21)12-14/h2,4,6-10,12,15H,3,5,11,13H2,1H3. The molecule has 31 heavy (non-hydrogen) atoms. The van der Waals surface area contributed by atoms with Crippen LogP contribution in [0.25, 0.3) is 11.4 Å². The maximum Gasteiger partial charge on any atom is 0.243 e. The Labute approximate surface area is 179 Å². The van der Waals surface area contributed by atoms with E-state index >= 15 is 0 Å². The average molecular weight is 466 g/mol. The zero-order valence-electron chi connectivity index (χ0n) is 16.6. The molecule has 4 rings (SSSR count). The summed E-state index contributed by atoms with van der Waals surface area (Å²) in [6.07, 6.45) is 2.33. The van der Waals surface area contributed by atoms with Crippen LogP contribution < -0.4 is 0 Å². The number of halogens is 1. The molecule has 8 nitrogen and oxygen atoms in total. The first-order valence-electron chi connectivity index (χ1n) is 9.54. The Morgan fingerprint density at radius 1 is 1.06 bits per heavy atom. The van der Waals surface area contributed by atoms with E-state index in [0.717, 1.165) is 6.26 Å². The van der Waals surface area contributed by atoms with Gasteiger partial charge in [0, 0.05) is 24.9 Å². The summed E-state index contributed by atoms with van der Waals surface area (Å²) in [5, 5.41) is 3.90. The van der Waals surface area contributed by atoms with Gasteiger partial charge in [-0.15, -0.1) is 0 Å². The smallest absolute Gasteiger partial charge is 0.243 e. The Kier molecular flexibility index (Phi) is 5.67. The number of benzene rings is 2. The molecule has 2 heterocycles. The highest BCUT2D eigenvalue weighted by atomic mass is 32.2. The van der Waals surface area contributed by atoms with Gasteiger partial charge in [0.1, 0.15) is 5.82 Å². The number of nitrogens with zero attached hydrogens (tertiary/aromatic N) is 3. The highest BCUT2D eigenvalue weighted by Crippen LogP contribution is 2.31. The minimum absolute atomic E-state index is 0.0199. The lowest BCUT2D eigenvalue weighted by molar-refractivity contribution is 0.265. The molecule has 0 aliphatic carbocycles. The highest BCUT2D eigenvalue weighted by Gasteiger charge is 2.33. The third-order valence-electron chi connectivity index (χ3n) is 5.15. The number of aromatic nitrogens is 2. The largest absolute Gasteiger partial charge is 0.339 e. The Hall–Kier alpha value is -2.63. The van der Waals surface area contributed by atoms with Crippen LogP contribution >= 0.6 is 0 Å². The molecule has 1 saturated heterocycles. The topological polar surface area (TPSA) is 110 Å². The van der Waals surface area contributed by atoms with Crippen molar-refractivity contribution >= 4 is 19.9 Å². The van der Waals surface area contributed by atoms with Crippen molar-refractivity contribution in [3.63, 3.8) is 0 Å². The molecule has 2 aromatic carbocycles. The zero-order valence-corrected chi connectivity index (χ0v) is 18.2. The first kappa shape index (κ1) is 21.6. The van der Waals surface area contributed by atoms with Gasteiger partial charge in [-0.1, -0.05) is 17.3 Å². The van der Waals surface area contributed by atoms with Crippen LogP contribution in [0.4, 0.5) is 4.39 Å². The third kappa shape index (κ3) is 4.53. The van der Waals surface area contributed by atoms with E-state index in [4.69, 9.17) is 4.52 Å². The molecule has 0 saturated carbocycles. The van der Waals surface area contributed by atoms with Crippen molar-refractivity contribution < 1.29 is 25.7 Å². The monoisotopic (exact) mass is 465 g/mol. The van der Waals surface area contributed by atoms with E-state index < -0.39 is 25.7 Å². The SMILES string of the molecule is CS(=O)(=O)c1ccc(S(=O)(=O)N2CCCC(c3nc(-c4cccc(F)c4)no3)C2)cc1. The van der Waals surface area contributed by atoms with Crippen molar-refractivity contribution in [3.05, 3.63) is 60.2 Å². The molecule has 0 N–H and O–H groups in total. The molecule has 1 aliphatic heterocycles. The van der Waals surface area contributed by atoms with Crippen LogP contribution in [0.5, 0.6) is 0 Å². The molecule has 0 amide bonds. The molecule has 1 aliphatic rings. The van der Waals surface area contributed by atoms with E-state index in [1.54, 1.807) is 12.1 Å². The van der Waals surface area contributed by atoms with Gasteiger partial charge in [-0.25, -0.2) is 21.2 Å². The van der Waals surface area contributed by atoms with Crippen molar-refractivity contribution in [2.24, 2.45) is 0 Å². The summed E-state index contributed by atoms with van der Waals surface area (Å²) in [6, 6.07) is 11.0. The molecule has 164 valence electrons. The summed E-state index contributed by atoms with van der Waals surface area (Å²) >= 11 is 0. The van der Waals surface area contributed by atoms with Crippen molar-refractivity contribution in [3.8, 4) is 11.4 Å². The van der Waals surface area contributed by atoms with Crippen LogP contribution in [0.1, 0.15) is 24.7 Å². The minimum atomic E-state index is -3.82. The predicted molar refractivity (Wildman–Crippen MR) is 110 cm³/mol. The molecular weight excluding hydrogens is 445 g/mol. The molecule has 1 atom stereocenters. The van der Waals surface area contributed by atoms with Crippen LogP contribution in [-0.4, -0.2) is 50.6 Å². The van der Waals surface area contributed by atoms with E-state index in [0.29, 0.717) is 30.8 Å². The molecule has 0 radical (unpaired) electrons. The first-order chi connectivity index (χ1) is 14.6. The maximum absolute atomic E-state index is 13.5. The van der Waals surface area contributed by atoms with Gasteiger partial charge in [-0.2, -0.15) is 9.29 Å². The second-order valence-corrected chi connectivity index (χ2v) is 11.4. The quantitative estimate of drug-likeness (QED) is 0.570. The van der Waals surface area contributed by atoms with Gasteiger partial charge < -0.3 is 4.52 Å². The lowest BCUT2D eigenvalue weighted by Gasteiger charge is -2.30. The van der Waals surface area contributed by atoms with Crippen LogP contribution in [0.2, 0.25) is 0 Å². The Morgan fingerprint density at radius 2 is 1.77 bits per heavy atom. The lowest BCUT2D eigenvalue weighted by Crippen LogP contribution is -2.39. The average Bonchev–Trinajstić information content (AvgIpc) is 3.24. The molecule has 11 heteroatoms. The number of hydrogen-bond donors (Lipinski definition) is 0. The summed E-state index contributed by atoms with van der Waals surface area (Å²) in [7, 11) is -7.23. The molecule has 0 spiro atoms. The third-order valence-corrected chi connectivity index (χ3v) is 8.16. The Morgan fingerprint density at radius 3 is 2.45 bits per heavy atom. The summed E-state index contributed by atoms with van der Waals surface area (Å²) in [5.41, 5.74) is 0.473. The van der Waals surface area contributed by atoms with Gasteiger partial charge in [0.15, 0.2) is 9.84 Å². The van der Waals surface area contributed by atoms with Crippen molar-refractivity contribution in [1.29, 1.82) is 0 Å². The molecule has 0 bridgehead atoms. The fourth-order valence-electron chi connectivity index (χ4n) is 3.52. The number of hydrogen-bond acceptors (Lipinski definition) is 7. The van der Waals surface area contributed by atoms with E-state index in [1.807, 2.05) is 0 Å². The van der Waals surface area contributed by atoms with Gasteiger partial charge in [0.05, 0.1) is 15.7 Å². The van der Waals surface area contributed by atoms with Crippen molar-refractivity contribution in [1.82, 2.24) is 14.4 Å². The number of rotatable bonds is 5. The van der Waals surface area contributed by atoms with Gasteiger partial charge in [0.25, 0.3) is 0 Å². The van der Waals surface area contributed by atoms with E-state index in [2.05, 4.69) is 10.1 Å². The lowest BCUT2D eigenvalue weighted by atomic mass is 10.00. The fourth-order valence-corrected chi connectivity index (χ4v) is 5.67. The van der Waals surface area contributed by atoms with Crippen LogP contribution in [0.15, 0.2) is 62.8 Å². The fraction of sp³-hybridized carbons (Fsp3) is 0.300. The molecule has 1 fully saturated rings. The Balaban J connectivity index is 1.54. The summed E-state index contributed by atoms with van der Waals surface area (Å²) in [4.78, 5) is 4.41. The van der Waals surface area contributed by atoms with Crippen molar-refractivity contribution in [2.75, 3.05) is 19.3 Å². The summed E-state index contributed by atoms with van der Waals surface area (Å²) < 4.78 is 69.5. The summed E-state index contributed by atoms with van der Waals surface area (Å²) in [5.74, 6) is -0.174. The number of piperidine rings is 1. The molecule has 1 aromatic heterocycles. The van der Waals surface area contributed by atoms with Gasteiger partial charge in [-0.05, 0) is 49.2 Å². The number of sulfone groups is 1. The van der Waals surface area contributed by atoms with E-state index in [-0.39, 0.29) is 28.1 Å². The van der Waals surface area contributed by atoms with Gasteiger partial charge in [-0.3, -0.25) is 0 Å².